The smallest absolute Gasteiger partial charge is 0.153 e. The number of piperidine rings is 1. The van der Waals surface area contributed by atoms with Gasteiger partial charge in [-0.25, -0.2) is 19.9 Å². The lowest BCUT2D eigenvalue weighted by molar-refractivity contribution is 0.498. The molecule has 1 saturated heterocycles. The van der Waals surface area contributed by atoms with Gasteiger partial charge in [-0.15, -0.1) is 0 Å². The van der Waals surface area contributed by atoms with E-state index < -0.39 is 0 Å². The Morgan fingerprint density at radius 3 is 2.85 bits per heavy atom. The second-order valence-electron chi connectivity index (χ2n) is 6.43. The van der Waals surface area contributed by atoms with Crippen molar-refractivity contribution in [3.8, 4) is 0 Å². The van der Waals surface area contributed by atoms with Crippen LogP contribution in [0, 0.1) is 6.92 Å². The fourth-order valence-electron chi connectivity index (χ4n) is 3.36. The van der Waals surface area contributed by atoms with Gasteiger partial charge < -0.3 is 10.2 Å². The normalized spacial score (nSPS) is 17.1. The first-order chi connectivity index (χ1) is 12.8. The lowest BCUT2D eigenvalue weighted by Gasteiger charge is -2.33. The quantitative estimate of drug-likeness (QED) is 0.777. The van der Waals surface area contributed by atoms with E-state index in [1.165, 1.54) is 0 Å². The highest BCUT2D eigenvalue weighted by Crippen LogP contribution is 2.31. The SMILES string of the molecule is Cc1cccc(Nc2nccnc2[C@@H]2CCCN(c3ccncn3)C2)n1. The van der Waals surface area contributed by atoms with Crippen molar-refractivity contribution in [2.24, 2.45) is 0 Å². The molecule has 1 aliphatic rings. The van der Waals surface area contributed by atoms with Crippen molar-refractivity contribution in [3.05, 3.63) is 60.6 Å². The van der Waals surface area contributed by atoms with Gasteiger partial charge in [0.1, 0.15) is 18.0 Å². The van der Waals surface area contributed by atoms with E-state index >= 15 is 0 Å². The monoisotopic (exact) mass is 347 g/mol. The molecule has 0 radical (unpaired) electrons. The topological polar surface area (TPSA) is 79.7 Å². The van der Waals surface area contributed by atoms with Crippen LogP contribution < -0.4 is 10.2 Å². The molecule has 132 valence electrons. The highest BCUT2D eigenvalue weighted by atomic mass is 15.2. The summed E-state index contributed by atoms with van der Waals surface area (Å²) >= 11 is 0. The number of anilines is 3. The molecule has 0 aliphatic carbocycles. The molecule has 0 unspecified atom stereocenters. The fraction of sp³-hybridized carbons (Fsp3) is 0.316. The summed E-state index contributed by atoms with van der Waals surface area (Å²) in [7, 11) is 0. The summed E-state index contributed by atoms with van der Waals surface area (Å²) in [5.74, 6) is 2.82. The molecule has 0 spiro atoms. The van der Waals surface area contributed by atoms with E-state index in [2.05, 4.69) is 35.1 Å². The Balaban J connectivity index is 1.57. The molecule has 0 bridgehead atoms. The van der Waals surface area contributed by atoms with Crippen LogP contribution in [0.25, 0.3) is 0 Å². The number of nitrogens with zero attached hydrogens (tertiary/aromatic N) is 6. The summed E-state index contributed by atoms with van der Waals surface area (Å²) < 4.78 is 0. The van der Waals surface area contributed by atoms with E-state index in [-0.39, 0.29) is 0 Å². The molecule has 0 saturated carbocycles. The second-order valence-corrected chi connectivity index (χ2v) is 6.43. The van der Waals surface area contributed by atoms with Gasteiger partial charge in [-0.2, -0.15) is 0 Å². The Bertz CT molecular complexity index is 869. The minimum atomic E-state index is 0.291. The molecular formula is C19H21N7. The van der Waals surface area contributed by atoms with Gasteiger partial charge in [-0.1, -0.05) is 6.07 Å². The Hall–Kier alpha value is -3.09. The number of hydrogen-bond acceptors (Lipinski definition) is 7. The van der Waals surface area contributed by atoms with Gasteiger partial charge >= 0.3 is 0 Å². The number of nitrogens with one attached hydrogen (secondary N) is 1. The Morgan fingerprint density at radius 2 is 2.00 bits per heavy atom. The van der Waals surface area contributed by atoms with Crippen LogP contribution >= 0.6 is 0 Å². The molecular weight excluding hydrogens is 326 g/mol. The van der Waals surface area contributed by atoms with Crippen LogP contribution in [0.15, 0.2) is 49.2 Å². The summed E-state index contributed by atoms with van der Waals surface area (Å²) in [6.07, 6.45) is 9.02. The average Bonchev–Trinajstić information content (AvgIpc) is 2.69. The van der Waals surface area contributed by atoms with Crippen molar-refractivity contribution in [3.63, 3.8) is 0 Å². The summed E-state index contributed by atoms with van der Waals surface area (Å²) in [4.78, 5) is 24.3. The van der Waals surface area contributed by atoms with Crippen LogP contribution in [0.5, 0.6) is 0 Å². The number of aromatic nitrogens is 5. The minimum Gasteiger partial charge on any atom is -0.356 e. The van der Waals surface area contributed by atoms with E-state index in [1.54, 1.807) is 24.9 Å². The number of pyridine rings is 1. The molecule has 3 aromatic rings. The van der Waals surface area contributed by atoms with E-state index in [0.29, 0.717) is 5.92 Å². The highest BCUT2D eigenvalue weighted by molar-refractivity contribution is 5.55. The van der Waals surface area contributed by atoms with E-state index in [1.807, 2.05) is 31.2 Å². The highest BCUT2D eigenvalue weighted by Gasteiger charge is 2.26. The van der Waals surface area contributed by atoms with Gasteiger partial charge in [0.25, 0.3) is 0 Å². The Kier molecular flexibility index (Phi) is 4.68. The molecule has 4 rings (SSSR count). The van der Waals surface area contributed by atoms with Crippen molar-refractivity contribution in [2.75, 3.05) is 23.3 Å². The van der Waals surface area contributed by atoms with Gasteiger partial charge in [0, 0.05) is 43.3 Å². The average molecular weight is 347 g/mol. The molecule has 1 atom stereocenters. The lowest BCUT2D eigenvalue weighted by Crippen LogP contribution is -2.35. The summed E-state index contributed by atoms with van der Waals surface area (Å²) in [6, 6.07) is 7.86. The summed E-state index contributed by atoms with van der Waals surface area (Å²) in [6.45, 7) is 3.84. The van der Waals surface area contributed by atoms with Crippen molar-refractivity contribution < 1.29 is 0 Å². The third-order valence-electron chi connectivity index (χ3n) is 4.56. The molecule has 4 heterocycles. The molecule has 0 aromatic carbocycles. The molecule has 7 nitrogen and oxygen atoms in total. The predicted molar refractivity (Wildman–Crippen MR) is 101 cm³/mol. The molecule has 1 N–H and O–H groups in total. The molecule has 1 fully saturated rings. The van der Waals surface area contributed by atoms with Gasteiger partial charge in [-0.05, 0) is 38.0 Å². The second kappa shape index (κ2) is 7.43. The largest absolute Gasteiger partial charge is 0.356 e. The van der Waals surface area contributed by atoms with Crippen molar-refractivity contribution >= 4 is 17.5 Å². The Morgan fingerprint density at radius 1 is 1.08 bits per heavy atom. The molecule has 0 amide bonds. The molecule has 3 aromatic heterocycles. The van der Waals surface area contributed by atoms with Crippen LogP contribution in [0.4, 0.5) is 17.5 Å². The third kappa shape index (κ3) is 3.61. The first-order valence-corrected chi connectivity index (χ1v) is 8.82. The number of hydrogen-bond donors (Lipinski definition) is 1. The number of aryl methyl sites for hydroxylation is 1. The Labute approximate surface area is 152 Å². The zero-order valence-electron chi connectivity index (χ0n) is 14.7. The van der Waals surface area contributed by atoms with Crippen LogP contribution in [0.2, 0.25) is 0 Å². The first kappa shape index (κ1) is 16.4. The minimum absolute atomic E-state index is 0.291. The predicted octanol–water partition coefficient (Wildman–Crippen LogP) is 3.10. The van der Waals surface area contributed by atoms with Gasteiger partial charge in [0.05, 0.1) is 5.69 Å². The van der Waals surface area contributed by atoms with E-state index in [0.717, 1.165) is 54.8 Å². The van der Waals surface area contributed by atoms with Crippen LogP contribution in [0.1, 0.15) is 30.1 Å². The maximum absolute atomic E-state index is 4.64. The van der Waals surface area contributed by atoms with E-state index in [9.17, 15) is 0 Å². The van der Waals surface area contributed by atoms with Crippen LogP contribution in [-0.2, 0) is 0 Å². The zero-order valence-corrected chi connectivity index (χ0v) is 14.7. The third-order valence-corrected chi connectivity index (χ3v) is 4.56. The standard InChI is InChI=1S/C19H21N7/c1-14-4-2-6-16(24-14)25-19-18(21-9-10-22-19)15-5-3-11-26(12-15)17-7-8-20-13-23-17/h2,4,6-10,13,15H,3,5,11-12H2,1H3,(H,22,24,25)/t15-/m1/s1. The molecule has 26 heavy (non-hydrogen) atoms. The van der Waals surface area contributed by atoms with Crippen molar-refractivity contribution in [2.45, 2.75) is 25.7 Å². The van der Waals surface area contributed by atoms with Gasteiger partial charge in [0.15, 0.2) is 5.82 Å². The first-order valence-electron chi connectivity index (χ1n) is 8.82. The lowest BCUT2D eigenvalue weighted by atomic mass is 9.94. The number of rotatable bonds is 4. The summed E-state index contributed by atoms with van der Waals surface area (Å²) in [5.41, 5.74) is 1.95. The summed E-state index contributed by atoms with van der Waals surface area (Å²) in [5, 5.41) is 3.34. The fourth-order valence-corrected chi connectivity index (χ4v) is 3.36. The van der Waals surface area contributed by atoms with Crippen molar-refractivity contribution in [1.82, 2.24) is 24.9 Å². The molecule has 7 heteroatoms. The maximum atomic E-state index is 4.64. The van der Waals surface area contributed by atoms with Crippen LogP contribution in [0.3, 0.4) is 0 Å². The maximum Gasteiger partial charge on any atom is 0.153 e. The van der Waals surface area contributed by atoms with Crippen LogP contribution in [-0.4, -0.2) is 38.0 Å². The van der Waals surface area contributed by atoms with Crippen molar-refractivity contribution in [1.29, 1.82) is 0 Å². The molecule has 1 aliphatic heterocycles. The van der Waals surface area contributed by atoms with Gasteiger partial charge in [-0.3, -0.25) is 4.98 Å². The zero-order chi connectivity index (χ0) is 17.8. The van der Waals surface area contributed by atoms with Gasteiger partial charge in [0.2, 0.25) is 0 Å². The van der Waals surface area contributed by atoms with E-state index in [4.69, 9.17) is 0 Å².